The molecule has 0 saturated heterocycles. The monoisotopic (exact) mass is 288 g/mol. The lowest BCUT2D eigenvalue weighted by Crippen LogP contribution is -2.22. The number of nitriles is 4. The molecule has 21 heavy (non-hydrogen) atoms. The van der Waals surface area contributed by atoms with Gasteiger partial charge in [-0.1, -0.05) is 30.3 Å². The van der Waals surface area contributed by atoms with Crippen molar-refractivity contribution in [1.29, 1.82) is 21.0 Å². The molecular formula is C16H8N4S. The highest BCUT2D eigenvalue weighted by Crippen LogP contribution is 2.34. The van der Waals surface area contributed by atoms with E-state index in [0.717, 1.165) is 0 Å². The summed E-state index contributed by atoms with van der Waals surface area (Å²) in [7, 11) is 0. The Hall–Kier alpha value is -3.12. The molecule has 0 aliphatic heterocycles. The van der Waals surface area contributed by atoms with Crippen molar-refractivity contribution in [3.8, 4) is 24.3 Å². The van der Waals surface area contributed by atoms with Crippen LogP contribution in [0.25, 0.3) is 0 Å². The SMILES string of the molecule is N#CC(C#N)c1ccc(C(C#N)(C#N)c2cccs2)cc1. The molecule has 98 valence electrons. The third-order valence-electron chi connectivity index (χ3n) is 3.16. The van der Waals surface area contributed by atoms with Gasteiger partial charge < -0.3 is 0 Å². The number of hydrogen-bond donors (Lipinski definition) is 0. The number of nitrogens with zero attached hydrogens (tertiary/aromatic N) is 4. The third kappa shape index (κ3) is 2.35. The highest BCUT2D eigenvalue weighted by atomic mass is 32.1. The summed E-state index contributed by atoms with van der Waals surface area (Å²) in [5, 5.41) is 38.6. The van der Waals surface area contributed by atoms with Crippen LogP contribution in [0.2, 0.25) is 0 Å². The summed E-state index contributed by atoms with van der Waals surface area (Å²) in [4.78, 5) is 0.650. The van der Waals surface area contributed by atoms with Crippen molar-refractivity contribution in [2.75, 3.05) is 0 Å². The van der Waals surface area contributed by atoms with Gasteiger partial charge in [0.05, 0.1) is 24.3 Å². The van der Waals surface area contributed by atoms with Crippen LogP contribution in [0.3, 0.4) is 0 Å². The van der Waals surface area contributed by atoms with Crippen LogP contribution in [-0.4, -0.2) is 0 Å². The van der Waals surface area contributed by atoms with E-state index in [-0.39, 0.29) is 0 Å². The summed E-state index contributed by atoms with van der Waals surface area (Å²) in [6.45, 7) is 0. The molecule has 1 heterocycles. The van der Waals surface area contributed by atoms with Gasteiger partial charge in [-0.2, -0.15) is 21.0 Å². The lowest BCUT2D eigenvalue weighted by molar-refractivity contribution is 0.868. The summed E-state index contributed by atoms with van der Waals surface area (Å²) < 4.78 is 0. The lowest BCUT2D eigenvalue weighted by atomic mass is 9.81. The molecule has 2 aromatic rings. The molecule has 0 fully saturated rings. The first kappa shape index (κ1) is 14.3. The zero-order valence-electron chi connectivity index (χ0n) is 10.8. The van der Waals surface area contributed by atoms with E-state index in [1.807, 2.05) is 17.5 Å². The average Bonchev–Trinajstić information content (AvgIpc) is 3.06. The van der Waals surface area contributed by atoms with E-state index < -0.39 is 11.3 Å². The van der Waals surface area contributed by atoms with Crippen LogP contribution in [0.5, 0.6) is 0 Å². The van der Waals surface area contributed by atoms with Crippen LogP contribution >= 0.6 is 11.3 Å². The van der Waals surface area contributed by atoms with Crippen molar-refractivity contribution in [2.45, 2.75) is 11.3 Å². The Kier molecular flexibility index (Phi) is 4.01. The first-order valence-corrected chi connectivity index (χ1v) is 6.86. The van der Waals surface area contributed by atoms with Gasteiger partial charge in [-0.15, -0.1) is 11.3 Å². The zero-order valence-corrected chi connectivity index (χ0v) is 11.6. The normalized spacial score (nSPS) is 10.1. The van der Waals surface area contributed by atoms with Crippen LogP contribution in [-0.2, 0) is 5.41 Å². The van der Waals surface area contributed by atoms with E-state index in [1.165, 1.54) is 11.3 Å². The van der Waals surface area contributed by atoms with Crippen molar-refractivity contribution in [3.63, 3.8) is 0 Å². The molecule has 0 aliphatic carbocycles. The summed E-state index contributed by atoms with van der Waals surface area (Å²) >= 11 is 1.34. The molecule has 5 heteroatoms. The maximum absolute atomic E-state index is 9.50. The second kappa shape index (κ2) is 5.89. The van der Waals surface area contributed by atoms with Gasteiger partial charge in [0.25, 0.3) is 0 Å². The second-order valence-corrected chi connectivity index (χ2v) is 5.21. The standard InChI is InChI=1S/C16H8N4S/c17-8-13(9-18)12-3-5-14(6-4-12)16(10-19,11-20)15-2-1-7-21-15/h1-7,13H. The van der Waals surface area contributed by atoms with Gasteiger partial charge in [0.2, 0.25) is 5.41 Å². The molecule has 0 saturated carbocycles. The highest BCUT2D eigenvalue weighted by molar-refractivity contribution is 7.10. The first-order valence-electron chi connectivity index (χ1n) is 5.98. The maximum atomic E-state index is 9.50. The van der Waals surface area contributed by atoms with Gasteiger partial charge in [-0.25, -0.2) is 0 Å². The van der Waals surface area contributed by atoms with Crippen molar-refractivity contribution in [3.05, 3.63) is 57.8 Å². The quantitative estimate of drug-likeness (QED) is 0.866. The van der Waals surface area contributed by atoms with E-state index >= 15 is 0 Å². The van der Waals surface area contributed by atoms with Gasteiger partial charge in [-0.05, 0) is 22.6 Å². The molecule has 0 aliphatic rings. The van der Waals surface area contributed by atoms with E-state index in [2.05, 4.69) is 12.1 Å². The second-order valence-electron chi connectivity index (χ2n) is 4.26. The fourth-order valence-electron chi connectivity index (χ4n) is 2.00. The number of thiophene rings is 1. The Morgan fingerprint density at radius 1 is 0.905 bits per heavy atom. The number of benzene rings is 1. The molecule has 1 aromatic heterocycles. The van der Waals surface area contributed by atoms with Gasteiger partial charge in [-0.3, -0.25) is 0 Å². The maximum Gasteiger partial charge on any atom is 0.202 e. The molecule has 0 N–H and O–H groups in total. The number of rotatable bonds is 3. The Bertz CT molecular complexity index is 764. The summed E-state index contributed by atoms with van der Waals surface area (Å²) in [5.74, 6) is -0.848. The van der Waals surface area contributed by atoms with E-state index in [0.29, 0.717) is 16.0 Å². The Labute approximate surface area is 126 Å². The van der Waals surface area contributed by atoms with E-state index in [1.54, 1.807) is 36.4 Å². The fraction of sp³-hybridized carbons (Fsp3) is 0.125. The minimum atomic E-state index is -1.36. The molecule has 0 unspecified atom stereocenters. The van der Waals surface area contributed by atoms with Crippen LogP contribution in [0, 0.1) is 45.3 Å². The predicted molar refractivity (Wildman–Crippen MR) is 76.7 cm³/mol. The summed E-state index contributed by atoms with van der Waals surface area (Å²) in [5.41, 5.74) is -0.269. The smallest absolute Gasteiger partial charge is 0.196 e. The largest absolute Gasteiger partial charge is 0.202 e. The average molecular weight is 288 g/mol. The summed E-state index contributed by atoms with van der Waals surface area (Å²) in [6.07, 6.45) is 0. The van der Waals surface area contributed by atoms with Gasteiger partial charge in [0.15, 0.2) is 5.92 Å². The number of hydrogen-bond acceptors (Lipinski definition) is 5. The molecule has 1 aromatic carbocycles. The predicted octanol–water partition coefficient (Wildman–Crippen LogP) is 3.21. The van der Waals surface area contributed by atoms with Crippen molar-refractivity contribution in [1.82, 2.24) is 0 Å². The van der Waals surface area contributed by atoms with Crippen molar-refractivity contribution in [2.24, 2.45) is 0 Å². The van der Waals surface area contributed by atoms with Crippen LogP contribution < -0.4 is 0 Å². The minimum absolute atomic E-state index is 0.535. The third-order valence-corrected chi connectivity index (χ3v) is 4.15. The molecule has 0 radical (unpaired) electrons. The van der Waals surface area contributed by atoms with Crippen molar-refractivity contribution >= 4 is 11.3 Å². The zero-order chi connectivity index (χ0) is 15.3. The molecule has 0 amide bonds. The van der Waals surface area contributed by atoms with E-state index in [9.17, 15) is 10.5 Å². The first-order chi connectivity index (χ1) is 10.2. The Morgan fingerprint density at radius 3 is 1.95 bits per heavy atom. The molecule has 4 nitrogen and oxygen atoms in total. The minimum Gasteiger partial charge on any atom is -0.196 e. The lowest BCUT2D eigenvalue weighted by Gasteiger charge is -2.17. The van der Waals surface area contributed by atoms with Crippen LogP contribution in [0.1, 0.15) is 21.9 Å². The highest BCUT2D eigenvalue weighted by Gasteiger charge is 2.36. The molecule has 0 atom stereocenters. The van der Waals surface area contributed by atoms with Gasteiger partial charge >= 0.3 is 0 Å². The van der Waals surface area contributed by atoms with Crippen LogP contribution in [0.4, 0.5) is 0 Å². The topological polar surface area (TPSA) is 95.2 Å². The van der Waals surface area contributed by atoms with E-state index in [4.69, 9.17) is 10.5 Å². The Balaban J connectivity index is 2.51. The van der Waals surface area contributed by atoms with Gasteiger partial charge in [0, 0.05) is 4.88 Å². The van der Waals surface area contributed by atoms with Crippen LogP contribution in [0.15, 0.2) is 41.8 Å². The molecule has 2 rings (SSSR count). The molecule has 0 spiro atoms. The van der Waals surface area contributed by atoms with Crippen molar-refractivity contribution < 1.29 is 0 Å². The molecule has 0 bridgehead atoms. The Morgan fingerprint density at radius 2 is 1.52 bits per heavy atom. The molecular weight excluding hydrogens is 280 g/mol. The fourth-order valence-corrected chi connectivity index (χ4v) is 2.85. The summed E-state index contributed by atoms with van der Waals surface area (Å²) in [6, 6.07) is 18.0. The van der Waals surface area contributed by atoms with Gasteiger partial charge in [0.1, 0.15) is 0 Å².